The van der Waals surface area contributed by atoms with E-state index in [2.05, 4.69) is 26.1 Å². The molecule has 1 amide bonds. The van der Waals surface area contributed by atoms with Crippen LogP contribution in [0.2, 0.25) is 0 Å². The van der Waals surface area contributed by atoms with Crippen LogP contribution in [-0.4, -0.2) is 33.2 Å². The molecular weight excluding hydrogens is 426 g/mol. The third kappa shape index (κ3) is 5.15. The molecule has 1 aromatic heterocycles. The molecule has 0 radical (unpaired) electrons. The molecule has 1 atom stereocenters. The molecule has 0 fully saturated rings. The molecule has 0 bridgehead atoms. The Morgan fingerprint density at radius 1 is 1.12 bits per heavy atom. The highest BCUT2D eigenvalue weighted by molar-refractivity contribution is 7.17. The Hall–Kier alpha value is -2.80. The maximum Gasteiger partial charge on any atom is 0.341 e. The molecular formula is C25H31NO5S. The first-order valence-electron chi connectivity index (χ1n) is 10.6. The number of carbonyl (C=O) groups excluding carboxylic acids is 2. The van der Waals surface area contributed by atoms with Crippen molar-refractivity contribution in [2.75, 3.05) is 26.6 Å². The smallest absolute Gasteiger partial charge is 0.341 e. The number of fused-ring (bicyclic) bond motifs is 1. The van der Waals surface area contributed by atoms with E-state index < -0.39 is 5.97 Å². The van der Waals surface area contributed by atoms with Crippen LogP contribution in [-0.2, 0) is 22.4 Å². The van der Waals surface area contributed by atoms with E-state index in [4.69, 9.17) is 14.2 Å². The summed E-state index contributed by atoms with van der Waals surface area (Å²) in [5.74, 6) is 1.02. The number of rotatable bonds is 6. The Morgan fingerprint density at radius 2 is 1.84 bits per heavy atom. The molecule has 1 aliphatic carbocycles. The summed E-state index contributed by atoms with van der Waals surface area (Å²) in [5, 5.41) is 3.45. The summed E-state index contributed by atoms with van der Waals surface area (Å²) < 4.78 is 15.6. The molecule has 1 N–H and O–H groups in total. The zero-order chi connectivity index (χ0) is 23.5. The molecule has 1 aromatic carbocycles. The van der Waals surface area contributed by atoms with Gasteiger partial charge in [-0.1, -0.05) is 26.8 Å². The van der Waals surface area contributed by atoms with Crippen molar-refractivity contribution < 1.29 is 23.8 Å². The van der Waals surface area contributed by atoms with Crippen molar-refractivity contribution >= 4 is 34.3 Å². The summed E-state index contributed by atoms with van der Waals surface area (Å²) in [7, 11) is 4.51. The summed E-state index contributed by atoms with van der Waals surface area (Å²) >= 11 is 1.48. The number of carbonyl (C=O) groups is 2. The molecule has 1 aliphatic rings. The summed E-state index contributed by atoms with van der Waals surface area (Å²) in [4.78, 5) is 26.4. The standard InChI is InChI=1S/C25H31NO5S/c1-25(2,3)16-9-10-17-20(14-16)32-23(22(17)24(28)31-6)26-21(27)12-8-15-7-11-18(29-4)19(13-15)30-5/h7-8,11-13,16H,9-10,14H2,1-6H3,(H,26,27)/b12-8-/t16-/m1/s1. The third-order valence-corrected chi connectivity index (χ3v) is 7.12. The fourth-order valence-corrected chi connectivity index (χ4v) is 5.33. The van der Waals surface area contributed by atoms with Crippen molar-refractivity contribution in [3.05, 3.63) is 45.8 Å². The first kappa shape index (κ1) is 23.9. The summed E-state index contributed by atoms with van der Waals surface area (Å²) in [5.41, 5.74) is 2.50. The SMILES string of the molecule is COC(=O)c1c(NC(=O)/C=C\c2ccc(OC)c(OC)c2)sc2c1CC[C@@H](C(C)(C)C)C2. The van der Waals surface area contributed by atoms with E-state index in [-0.39, 0.29) is 11.3 Å². The Labute approximate surface area is 193 Å². The van der Waals surface area contributed by atoms with Crippen LogP contribution in [0.4, 0.5) is 5.00 Å². The van der Waals surface area contributed by atoms with Gasteiger partial charge in [0.1, 0.15) is 5.00 Å². The molecule has 0 saturated carbocycles. The van der Waals surface area contributed by atoms with E-state index in [9.17, 15) is 9.59 Å². The molecule has 1 heterocycles. The number of benzene rings is 1. The first-order chi connectivity index (χ1) is 15.2. The lowest BCUT2D eigenvalue weighted by atomic mass is 9.72. The summed E-state index contributed by atoms with van der Waals surface area (Å²) in [6.07, 6.45) is 5.88. The van der Waals surface area contributed by atoms with Gasteiger partial charge in [-0.2, -0.15) is 0 Å². The van der Waals surface area contributed by atoms with Gasteiger partial charge in [-0.05, 0) is 59.9 Å². The zero-order valence-electron chi connectivity index (χ0n) is 19.5. The lowest BCUT2D eigenvalue weighted by molar-refractivity contribution is -0.111. The number of hydrogen-bond donors (Lipinski definition) is 1. The quantitative estimate of drug-likeness (QED) is 0.467. The maximum atomic E-state index is 12.7. The average Bonchev–Trinajstić information content (AvgIpc) is 3.13. The van der Waals surface area contributed by atoms with Crippen LogP contribution in [0.15, 0.2) is 24.3 Å². The van der Waals surface area contributed by atoms with Gasteiger partial charge in [0.15, 0.2) is 11.5 Å². The van der Waals surface area contributed by atoms with Gasteiger partial charge in [-0.3, -0.25) is 4.79 Å². The molecule has 0 spiro atoms. The zero-order valence-corrected chi connectivity index (χ0v) is 20.4. The predicted octanol–water partition coefficient (Wildman–Crippen LogP) is 5.35. The molecule has 0 unspecified atom stereocenters. The number of esters is 1. The normalized spacial score (nSPS) is 15.9. The van der Waals surface area contributed by atoms with Gasteiger partial charge in [0, 0.05) is 11.0 Å². The first-order valence-corrected chi connectivity index (χ1v) is 11.4. The monoisotopic (exact) mass is 457 g/mol. The van der Waals surface area contributed by atoms with Crippen LogP contribution >= 0.6 is 11.3 Å². The maximum absolute atomic E-state index is 12.7. The van der Waals surface area contributed by atoms with Crippen LogP contribution in [0.25, 0.3) is 6.08 Å². The Morgan fingerprint density at radius 3 is 2.47 bits per heavy atom. The molecule has 7 heteroatoms. The minimum Gasteiger partial charge on any atom is -0.493 e. The number of ether oxygens (including phenoxy) is 3. The number of nitrogens with one attached hydrogen (secondary N) is 1. The van der Waals surface area contributed by atoms with E-state index in [1.165, 1.54) is 24.5 Å². The second-order valence-corrected chi connectivity index (χ2v) is 10.0. The van der Waals surface area contributed by atoms with Crippen LogP contribution in [0.1, 0.15) is 53.6 Å². The van der Waals surface area contributed by atoms with Crippen LogP contribution in [0, 0.1) is 11.3 Å². The van der Waals surface area contributed by atoms with Gasteiger partial charge in [0.25, 0.3) is 0 Å². The molecule has 6 nitrogen and oxygen atoms in total. The largest absolute Gasteiger partial charge is 0.493 e. The topological polar surface area (TPSA) is 73.9 Å². The molecule has 32 heavy (non-hydrogen) atoms. The Balaban J connectivity index is 1.82. The van der Waals surface area contributed by atoms with Crippen molar-refractivity contribution in [2.45, 2.75) is 40.0 Å². The van der Waals surface area contributed by atoms with E-state index in [0.717, 1.165) is 35.3 Å². The molecule has 0 aliphatic heterocycles. The van der Waals surface area contributed by atoms with Crippen LogP contribution < -0.4 is 14.8 Å². The Bertz CT molecular complexity index is 1030. The Kier molecular flexibility index (Phi) is 7.29. The van der Waals surface area contributed by atoms with Crippen molar-refractivity contribution in [1.29, 1.82) is 0 Å². The highest BCUT2D eigenvalue weighted by Gasteiger charge is 2.34. The minimum absolute atomic E-state index is 0.193. The third-order valence-electron chi connectivity index (χ3n) is 5.95. The van der Waals surface area contributed by atoms with Crippen molar-refractivity contribution in [3.63, 3.8) is 0 Å². The van der Waals surface area contributed by atoms with Crippen molar-refractivity contribution in [3.8, 4) is 11.5 Å². The van der Waals surface area contributed by atoms with E-state index in [1.54, 1.807) is 32.4 Å². The molecule has 3 rings (SSSR count). The van der Waals surface area contributed by atoms with Crippen molar-refractivity contribution in [2.24, 2.45) is 11.3 Å². The number of methoxy groups -OCH3 is 3. The van der Waals surface area contributed by atoms with Crippen molar-refractivity contribution in [1.82, 2.24) is 0 Å². The molecule has 172 valence electrons. The number of thiophene rings is 1. The van der Waals surface area contributed by atoms with Gasteiger partial charge in [0.2, 0.25) is 5.91 Å². The fourth-order valence-electron chi connectivity index (χ4n) is 4.01. The predicted molar refractivity (Wildman–Crippen MR) is 128 cm³/mol. The highest BCUT2D eigenvalue weighted by Crippen LogP contribution is 2.44. The van der Waals surface area contributed by atoms with Gasteiger partial charge in [0.05, 0.1) is 26.9 Å². The lowest BCUT2D eigenvalue weighted by Gasteiger charge is -2.33. The summed E-state index contributed by atoms with van der Waals surface area (Å²) in [6.45, 7) is 6.75. The van der Waals surface area contributed by atoms with Crippen LogP contribution in [0.5, 0.6) is 11.5 Å². The lowest BCUT2D eigenvalue weighted by Crippen LogP contribution is -2.26. The number of anilines is 1. The van der Waals surface area contributed by atoms with Gasteiger partial charge in [-0.15, -0.1) is 11.3 Å². The van der Waals surface area contributed by atoms with Gasteiger partial charge in [-0.25, -0.2) is 4.79 Å². The van der Waals surface area contributed by atoms with E-state index in [0.29, 0.717) is 28.0 Å². The van der Waals surface area contributed by atoms with Gasteiger partial charge < -0.3 is 19.5 Å². The molecule has 0 saturated heterocycles. The fraction of sp³-hybridized carbons (Fsp3) is 0.440. The van der Waals surface area contributed by atoms with Gasteiger partial charge >= 0.3 is 5.97 Å². The number of hydrogen-bond acceptors (Lipinski definition) is 6. The second-order valence-electron chi connectivity index (χ2n) is 8.94. The molecule has 2 aromatic rings. The van der Waals surface area contributed by atoms with E-state index in [1.807, 2.05) is 6.07 Å². The second kappa shape index (κ2) is 9.77. The highest BCUT2D eigenvalue weighted by atomic mass is 32.1. The summed E-state index contributed by atoms with van der Waals surface area (Å²) in [6, 6.07) is 5.41. The van der Waals surface area contributed by atoms with E-state index >= 15 is 0 Å². The number of amides is 1. The minimum atomic E-state index is -0.407. The van der Waals surface area contributed by atoms with Crippen LogP contribution in [0.3, 0.4) is 0 Å². The average molecular weight is 458 g/mol.